The third kappa shape index (κ3) is 3.12. The van der Waals surface area contributed by atoms with Crippen molar-refractivity contribution in [1.29, 1.82) is 0 Å². The summed E-state index contributed by atoms with van der Waals surface area (Å²) in [5, 5.41) is 1.19. The van der Waals surface area contributed by atoms with E-state index in [1.165, 1.54) is 10.8 Å². The van der Waals surface area contributed by atoms with Crippen LogP contribution in [0.5, 0.6) is 0 Å². The van der Waals surface area contributed by atoms with Crippen molar-refractivity contribution >= 4 is 8.32 Å². The van der Waals surface area contributed by atoms with Crippen molar-refractivity contribution in [3.8, 4) is 0 Å². The van der Waals surface area contributed by atoms with Crippen LogP contribution in [-0.2, 0) is 11.0 Å². The normalized spacial score (nSPS) is 11.4. The average Bonchev–Trinajstić information content (AvgIpc) is 2.16. The largest absolute Gasteiger partial charge is 0.409 e. The van der Waals surface area contributed by atoms with E-state index in [0.29, 0.717) is 6.61 Å². The maximum Gasteiger partial charge on any atom is 0.213 e. The van der Waals surface area contributed by atoms with Crippen molar-refractivity contribution in [2.45, 2.75) is 26.6 Å². The summed E-state index contributed by atoms with van der Waals surface area (Å²) >= 11 is 0. The van der Waals surface area contributed by atoms with E-state index in [4.69, 9.17) is 4.43 Å². The van der Waals surface area contributed by atoms with Gasteiger partial charge in [0.1, 0.15) is 0 Å². The van der Waals surface area contributed by atoms with Crippen molar-refractivity contribution in [1.82, 2.24) is 0 Å². The zero-order valence-electron chi connectivity index (χ0n) is 9.21. The first-order valence-corrected chi connectivity index (χ1v) is 7.77. The third-order valence-corrected chi connectivity index (χ3v) is 5.39. The van der Waals surface area contributed by atoms with Gasteiger partial charge in [0.05, 0.1) is 6.61 Å². The molecule has 0 N–H and O–H groups in total. The van der Waals surface area contributed by atoms with Crippen molar-refractivity contribution in [2.24, 2.45) is 0 Å². The van der Waals surface area contributed by atoms with Crippen LogP contribution in [0.1, 0.15) is 12.5 Å². The minimum absolute atomic E-state index is 0.701. The Morgan fingerprint density at radius 2 is 1.86 bits per heavy atom. The highest BCUT2D eigenvalue weighted by atomic mass is 28.4. The summed E-state index contributed by atoms with van der Waals surface area (Å²) in [6.45, 7) is 11.1. The second kappa shape index (κ2) is 4.58. The highest BCUT2D eigenvalue weighted by Crippen LogP contribution is 2.16. The number of rotatable bonds is 4. The Labute approximate surface area is 87.5 Å². The third-order valence-electron chi connectivity index (χ3n) is 2.47. The molecule has 0 aromatic heterocycles. The van der Waals surface area contributed by atoms with Gasteiger partial charge < -0.3 is 4.43 Å². The summed E-state index contributed by atoms with van der Waals surface area (Å²) in [6, 6.07) is 10.3. The monoisotopic (exact) mass is 206 g/mol. The number of allylic oxidation sites excluding steroid dienone is 1. The molecule has 0 aliphatic heterocycles. The maximum absolute atomic E-state index is 5.92. The molecule has 0 radical (unpaired) electrons. The Kier molecular flexibility index (Phi) is 3.67. The van der Waals surface area contributed by atoms with Crippen LogP contribution in [0.25, 0.3) is 0 Å². The summed E-state index contributed by atoms with van der Waals surface area (Å²) < 4.78 is 5.92. The molecule has 14 heavy (non-hydrogen) atoms. The van der Waals surface area contributed by atoms with Crippen molar-refractivity contribution < 1.29 is 4.43 Å². The quantitative estimate of drug-likeness (QED) is 0.685. The molecule has 0 spiro atoms. The lowest BCUT2D eigenvalue weighted by molar-refractivity contribution is 0.301. The lowest BCUT2D eigenvalue weighted by atomic mass is 10.2. The van der Waals surface area contributed by atoms with E-state index in [-0.39, 0.29) is 0 Å². The number of hydrogen-bond donors (Lipinski definition) is 0. The van der Waals surface area contributed by atoms with Gasteiger partial charge in [-0.3, -0.25) is 0 Å². The van der Waals surface area contributed by atoms with Crippen molar-refractivity contribution in [2.75, 3.05) is 0 Å². The molecular formula is C12H18OSi. The number of hydrogen-bond acceptors (Lipinski definition) is 1. The maximum atomic E-state index is 5.92. The van der Waals surface area contributed by atoms with E-state index in [1.54, 1.807) is 0 Å². The summed E-state index contributed by atoms with van der Waals surface area (Å²) in [4.78, 5) is 0. The van der Waals surface area contributed by atoms with Crippen LogP contribution in [0.15, 0.2) is 42.1 Å². The zero-order valence-corrected chi connectivity index (χ0v) is 10.2. The topological polar surface area (TPSA) is 9.23 Å². The van der Waals surface area contributed by atoms with Crippen LogP contribution in [0, 0.1) is 0 Å². The van der Waals surface area contributed by atoms with Gasteiger partial charge >= 0.3 is 0 Å². The molecule has 0 atom stereocenters. The molecule has 2 heteroatoms. The molecule has 0 fully saturated rings. The molecule has 1 aromatic rings. The smallest absolute Gasteiger partial charge is 0.213 e. The molecule has 0 saturated carbocycles. The summed E-state index contributed by atoms with van der Waals surface area (Å²) in [5.74, 6) is 0. The molecule has 1 rings (SSSR count). The molecule has 1 aromatic carbocycles. The molecule has 0 heterocycles. The Morgan fingerprint density at radius 3 is 2.36 bits per heavy atom. The first-order chi connectivity index (χ1) is 6.52. The molecule has 1 nitrogen and oxygen atoms in total. The predicted octanol–water partition coefficient (Wildman–Crippen LogP) is 3.52. The Bertz CT molecular complexity index is 303. The Balaban J connectivity index is 2.53. The van der Waals surface area contributed by atoms with Gasteiger partial charge in [-0.1, -0.05) is 35.5 Å². The van der Waals surface area contributed by atoms with Crippen molar-refractivity contribution in [3.63, 3.8) is 0 Å². The summed E-state index contributed by atoms with van der Waals surface area (Å²) in [6.07, 6.45) is 0. The Morgan fingerprint density at radius 1 is 1.29 bits per heavy atom. The van der Waals surface area contributed by atoms with Crippen LogP contribution in [0.3, 0.4) is 0 Å². The molecule has 0 aliphatic rings. The van der Waals surface area contributed by atoms with Gasteiger partial charge in [0, 0.05) is 0 Å². The van der Waals surface area contributed by atoms with Crippen LogP contribution < -0.4 is 0 Å². The van der Waals surface area contributed by atoms with Gasteiger partial charge in [-0.25, -0.2) is 0 Å². The Hall–Kier alpha value is -0.863. The molecule has 0 bridgehead atoms. The van der Waals surface area contributed by atoms with E-state index in [1.807, 2.05) is 18.2 Å². The average molecular weight is 206 g/mol. The standard InChI is InChI=1S/C12H18OSi/c1-11(2)14(3,4)13-10-12-8-6-5-7-9-12/h5-9H,1,10H2,2-4H3. The first kappa shape index (κ1) is 11.2. The number of benzene rings is 1. The first-order valence-electron chi connectivity index (χ1n) is 4.86. The van der Waals surface area contributed by atoms with Gasteiger partial charge in [0.25, 0.3) is 0 Å². The van der Waals surface area contributed by atoms with Crippen molar-refractivity contribution in [3.05, 3.63) is 47.7 Å². The van der Waals surface area contributed by atoms with Gasteiger partial charge in [-0.05, 0) is 25.6 Å². The predicted molar refractivity (Wildman–Crippen MR) is 63.5 cm³/mol. The van der Waals surface area contributed by atoms with Crippen LogP contribution in [-0.4, -0.2) is 8.32 Å². The molecule has 0 aliphatic carbocycles. The van der Waals surface area contributed by atoms with Crippen LogP contribution >= 0.6 is 0 Å². The fourth-order valence-corrected chi connectivity index (χ4v) is 1.74. The second-order valence-corrected chi connectivity index (χ2v) is 8.23. The van der Waals surface area contributed by atoms with Gasteiger partial charge in [0.2, 0.25) is 8.32 Å². The highest BCUT2D eigenvalue weighted by Gasteiger charge is 2.22. The second-order valence-electron chi connectivity index (χ2n) is 4.06. The molecule has 76 valence electrons. The van der Waals surface area contributed by atoms with E-state index in [2.05, 4.69) is 38.7 Å². The minimum atomic E-state index is -1.66. The molecule has 0 saturated heterocycles. The lowest BCUT2D eigenvalue weighted by Gasteiger charge is -2.22. The van der Waals surface area contributed by atoms with E-state index >= 15 is 0 Å². The minimum Gasteiger partial charge on any atom is -0.409 e. The van der Waals surface area contributed by atoms with Gasteiger partial charge in [-0.15, -0.1) is 6.58 Å². The summed E-state index contributed by atoms with van der Waals surface area (Å²) in [5.41, 5.74) is 1.23. The fraction of sp³-hybridized carbons (Fsp3) is 0.333. The van der Waals surface area contributed by atoms with E-state index in [0.717, 1.165) is 0 Å². The summed E-state index contributed by atoms with van der Waals surface area (Å²) in [7, 11) is -1.66. The lowest BCUT2D eigenvalue weighted by Crippen LogP contribution is -2.31. The molecule has 0 amide bonds. The highest BCUT2D eigenvalue weighted by molar-refractivity contribution is 6.78. The SMILES string of the molecule is C=C(C)[Si](C)(C)OCc1ccccc1. The zero-order chi connectivity index (χ0) is 10.6. The fourth-order valence-electron chi connectivity index (χ4n) is 0.961. The van der Waals surface area contributed by atoms with E-state index in [9.17, 15) is 0 Å². The molecular weight excluding hydrogens is 188 g/mol. The molecule has 0 unspecified atom stereocenters. The van der Waals surface area contributed by atoms with Gasteiger partial charge in [0.15, 0.2) is 0 Å². The van der Waals surface area contributed by atoms with E-state index < -0.39 is 8.32 Å². The van der Waals surface area contributed by atoms with Crippen LogP contribution in [0.4, 0.5) is 0 Å². The van der Waals surface area contributed by atoms with Crippen LogP contribution in [0.2, 0.25) is 13.1 Å². The van der Waals surface area contributed by atoms with Gasteiger partial charge in [-0.2, -0.15) is 0 Å².